The fraction of sp³-hybridized carbons (Fsp3) is 0.806. The Morgan fingerprint density at radius 3 is 2.16 bits per heavy atom. The van der Waals surface area contributed by atoms with Crippen LogP contribution in [0.3, 0.4) is 0 Å². The molecule has 256 valence electrons. The molecule has 0 saturated carbocycles. The quantitative estimate of drug-likeness (QED) is 0.0584. The maximum atomic E-state index is 14.0. The second-order valence-electron chi connectivity index (χ2n) is 11.8. The summed E-state index contributed by atoms with van der Waals surface area (Å²) in [7, 11) is -1.38. The van der Waals surface area contributed by atoms with Gasteiger partial charge < -0.3 is 32.7 Å². The molecule has 2 rings (SSSR count). The molecule has 0 N–H and O–H groups in total. The molecule has 45 heavy (non-hydrogen) atoms. The summed E-state index contributed by atoms with van der Waals surface area (Å²) in [6, 6.07) is -0.639. The average molecular weight is 658 g/mol. The lowest BCUT2D eigenvalue weighted by Crippen LogP contribution is -2.53. The Hall–Kier alpha value is -2.68. The largest absolute Gasteiger partial charge is 0.462 e. The number of esters is 4. The van der Waals surface area contributed by atoms with E-state index in [2.05, 4.69) is 0 Å². The third kappa shape index (κ3) is 9.43. The maximum absolute atomic E-state index is 14.0. The number of carbonyl (C=O) groups is 6. The molecule has 0 aromatic heterocycles. The Kier molecular flexibility index (Phi) is 15.3. The summed E-state index contributed by atoms with van der Waals surface area (Å²) in [5, 5.41) is 0. The van der Waals surface area contributed by atoms with Gasteiger partial charge in [-0.15, -0.1) is 0 Å². The van der Waals surface area contributed by atoms with Crippen LogP contribution < -0.4 is 0 Å². The van der Waals surface area contributed by atoms with Crippen LogP contribution in [-0.2, 0) is 56.6 Å². The van der Waals surface area contributed by atoms with Gasteiger partial charge in [0.25, 0.3) is 0 Å². The summed E-state index contributed by atoms with van der Waals surface area (Å²) >= 11 is 0. The van der Waals surface area contributed by atoms with Crippen molar-refractivity contribution in [3.8, 4) is 0 Å². The first kappa shape index (κ1) is 38.5. The molecule has 2 fully saturated rings. The van der Waals surface area contributed by atoms with Gasteiger partial charge in [0.1, 0.15) is 25.4 Å². The number of Topliss-reactive ketones (excluding diaryl/α,β-unsaturated/α-hetero) is 1. The monoisotopic (exact) mass is 657 g/mol. The van der Waals surface area contributed by atoms with E-state index >= 15 is 0 Å². The highest BCUT2D eigenvalue weighted by atomic mass is 28.4. The molecule has 0 bridgehead atoms. The summed E-state index contributed by atoms with van der Waals surface area (Å²) in [4.78, 5) is 78.2. The molecule has 0 aromatic rings. The predicted molar refractivity (Wildman–Crippen MR) is 163 cm³/mol. The number of likely N-dealkylation sites (tertiary alicyclic amines) is 1. The lowest BCUT2D eigenvalue weighted by atomic mass is 9.66. The van der Waals surface area contributed by atoms with Crippen LogP contribution in [0.15, 0.2) is 0 Å². The molecular formula is C31H51NO12Si. The molecule has 0 radical (unpaired) electrons. The van der Waals surface area contributed by atoms with Crippen molar-refractivity contribution < 1.29 is 56.6 Å². The Morgan fingerprint density at radius 2 is 1.64 bits per heavy atom. The molecule has 0 aromatic carbocycles. The van der Waals surface area contributed by atoms with Crippen molar-refractivity contribution in [2.24, 2.45) is 17.3 Å². The molecular weight excluding hydrogens is 606 g/mol. The molecule has 2 aliphatic rings. The second kappa shape index (κ2) is 17.9. The van der Waals surface area contributed by atoms with Gasteiger partial charge in [-0.2, -0.15) is 0 Å². The van der Waals surface area contributed by atoms with Crippen LogP contribution in [-0.4, -0.2) is 101 Å². The molecule has 0 spiro atoms. The van der Waals surface area contributed by atoms with Crippen molar-refractivity contribution in [3.05, 3.63) is 0 Å². The van der Waals surface area contributed by atoms with E-state index in [9.17, 15) is 28.8 Å². The van der Waals surface area contributed by atoms with Gasteiger partial charge in [-0.05, 0) is 53.4 Å². The summed E-state index contributed by atoms with van der Waals surface area (Å²) in [5.41, 5.74) is -1.71. The first-order valence-corrected chi connectivity index (χ1v) is 18.1. The first-order valence-electron chi connectivity index (χ1n) is 16.0. The first-order chi connectivity index (χ1) is 21.3. The van der Waals surface area contributed by atoms with Crippen LogP contribution in [0.1, 0.15) is 86.5 Å². The fourth-order valence-electron chi connectivity index (χ4n) is 6.71. The van der Waals surface area contributed by atoms with Gasteiger partial charge >= 0.3 is 32.4 Å². The molecule has 5 unspecified atom stereocenters. The third-order valence-corrected chi connectivity index (χ3v) is 13.0. The molecule has 2 heterocycles. The molecule has 14 heteroatoms. The number of ether oxygens (including phenoxy) is 4. The van der Waals surface area contributed by atoms with E-state index in [1.807, 2.05) is 27.7 Å². The van der Waals surface area contributed by atoms with Crippen LogP contribution in [0.2, 0.25) is 5.54 Å². The van der Waals surface area contributed by atoms with Crippen molar-refractivity contribution in [3.63, 3.8) is 0 Å². The second-order valence-corrected chi connectivity index (χ2v) is 15.1. The smallest absolute Gasteiger partial charge is 0.367 e. The number of rotatable bonds is 21. The molecule has 2 aliphatic heterocycles. The average Bonchev–Trinajstić information content (AvgIpc) is 3.53. The lowest BCUT2D eigenvalue weighted by molar-refractivity contribution is -0.168. The Balaban J connectivity index is 2.47. The van der Waals surface area contributed by atoms with Crippen molar-refractivity contribution in [1.29, 1.82) is 0 Å². The normalized spacial score (nSPS) is 21.3. The predicted octanol–water partition coefficient (Wildman–Crippen LogP) is 3.04. The van der Waals surface area contributed by atoms with Crippen molar-refractivity contribution >= 4 is 44.1 Å². The highest BCUT2D eigenvalue weighted by Gasteiger charge is 2.61. The van der Waals surface area contributed by atoms with Crippen molar-refractivity contribution in [1.82, 2.24) is 4.90 Å². The minimum absolute atomic E-state index is 0.112. The number of cyclic esters (lactones) is 2. The minimum Gasteiger partial charge on any atom is -0.462 e. The summed E-state index contributed by atoms with van der Waals surface area (Å²) < 4.78 is 33.8. The molecule has 0 aliphatic carbocycles. The van der Waals surface area contributed by atoms with Crippen LogP contribution >= 0.6 is 0 Å². The maximum Gasteiger partial charge on any atom is 0.367 e. The van der Waals surface area contributed by atoms with Crippen LogP contribution in [0.4, 0.5) is 0 Å². The number of nitrogens with zero attached hydrogens (tertiary/aromatic N) is 1. The summed E-state index contributed by atoms with van der Waals surface area (Å²) in [6.45, 7) is 11.1. The van der Waals surface area contributed by atoms with Gasteiger partial charge in [-0.1, -0.05) is 20.3 Å². The van der Waals surface area contributed by atoms with Gasteiger partial charge in [-0.25, -0.2) is 0 Å². The van der Waals surface area contributed by atoms with E-state index in [4.69, 9.17) is 27.8 Å². The number of ketones is 1. The van der Waals surface area contributed by atoms with Gasteiger partial charge in [0.05, 0.1) is 23.5 Å². The fourth-order valence-corrected chi connectivity index (χ4v) is 10.3. The van der Waals surface area contributed by atoms with Gasteiger partial charge in [0.2, 0.25) is 5.91 Å². The van der Waals surface area contributed by atoms with E-state index in [0.29, 0.717) is 51.9 Å². The zero-order chi connectivity index (χ0) is 33.8. The lowest BCUT2D eigenvalue weighted by Gasteiger charge is -2.40. The number of amides is 1. The van der Waals surface area contributed by atoms with E-state index in [-0.39, 0.29) is 43.1 Å². The van der Waals surface area contributed by atoms with Crippen LogP contribution in [0, 0.1) is 17.3 Å². The Labute approximate surface area is 267 Å². The zero-order valence-corrected chi connectivity index (χ0v) is 28.8. The Bertz CT molecular complexity index is 1050. The van der Waals surface area contributed by atoms with Gasteiger partial charge in [0.15, 0.2) is 0 Å². The molecule has 1 amide bonds. The number of methoxy groups -OCH3 is 1. The van der Waals surface area contributed by atoms with E-state index in [0.717, 1.165) is 0 Å². The third-order valence-electron chi connectivity index (χ3n) is 8.80. The highest BCUT2D eigenvalue weighted by molar-refractivity contribution is 6.69. The molecule has 13 nitrogen and oxygen atoms in total. The summed E-state index contributed by atoms with van der Waals surface area (Å²) in [6.07, 6.45) is 2.36. The molecule has 5 atom stereocenters. The van der Waals surface area contributed by atoms with E-state index < -0.39 is 62.2 Å². The van der Waals surface area contributed by atoms with Crippen LogP contribution in [0.25, 0.3) is 0 Å². The van der Waals surface area contributed by atoms with E-state index in [1.54, 1.807) is 18.9 Å². The molecule has 2 saturated heterocycles. The Morgan fingerprint density at radius 1 is 1.00 bits per heavy atom. The van der Waals surface area contributed by atoms with Gasteiger partial charge in [0, 0.05) is 44.9 Å². The van der Waals surface area contributed by atoms with Crippen molar-refractivity contribution in [2.45, 2.75) is 98.1 Å². The minimum atomic E-state index is -2.96. The highest BCUT2D eigenvalue weighted by Crippen LogP contribution is 2.48. The number of carbonyl (C=O) groups excluding carboxylic acids is 6. The zero-order valence-electron chi connectivity index (χ0n) is 27.8. The topological polar surface area (TPSA) is 161 Å². The standard InChI is InChI=1S/C31H51NO12Si/c1-8-22(45(20-39-7,42-10-3)43-11-4)14-15-31(6,30(38)41-18-17-40-25(35)19-21(5)33)27-26(28(36)44-29(27)37)23(9-2)32-16-12-13-24(32)34/h22-23,26-27H,8-20H2,1-7H3. The van der Waals surface area contributed by atoms with Crippen molar-refractivity contribution in [2.75, 3.05) is 46.3 Å². The number of hydrogen-bond acceptors (Lipinski definition) is 12. The van der Waals surface area contributed by atoms with Gasteiger partial charge in [-0.3, -0.25) is 28.8 Å². The number of hydrogen-bond donors (Lipinski definition) is 0. The van der Waals surface area contributed by atoms with E-state index in [1.165, 1.54) is 6.92 Å². The van der Waals surface area contributed by atoms with Crippen LogP contribution in [0.5, 0.6) is 0 Å². The summed E-state index contributed by atoms with van der Waals surface area (Å²) in [5.74, 6) is -5.90. The SMILES string of the molecule is CCO[Si](COC)(OCC)C(CC)CCC(C)(C(=O)OCCOC(=O)CC(C)=O)C1C(=O)OC(=O)C1C(CC)N1CCCC1=O.